The summed E-state index contributed by atoms with van der Waals surface area (Å²) in [6, 6.07) is 14.1. The summed E-state index contributed by atoms with van der Waals surface area (Å²) in [5.74, 6) is 2.45. The van der Waals surface area contributed by atoms with Gasteiger partial charge >= 0.3 is 0 Å². The van der Waals surface area contributed by atoms with Crippen LogP contribution in [0.4, 0.5) is 5.82 Å². The lowest BCUT2D eigenvalue weighted by Crippen LogP contribution is -2.37. The van der Waals surface area contributed by atoms with E-state index in [4.69, 9.17) is 4.74 Å². The van der Waals surface area contributed by atoms with Crippen molar-refractivity contribution in [1.29, 1.82) is 0 Å². The Balaban J connectivity index is 1.67. The van der Waals surface area contributed by atoms with Crippen LogP contribution in [0, 0.1) is 6.92 Å². The van der Waals surface area contributed by atoms with Gasteiger partial charge in [-0.15, -0.1) is 0 Å². The maximum atomic E-state index is 5.42. The number of anilines is 1. The molecule has 3 aromatic rings. The zero-order chi connectivity index (χ0) is 16.4. The Bertz CT molecular complexity index is 824. The van der Waals surface area contributed by atoms with Crippen LogP contribution in [-0.2, 0) is 4.74 Å². The number of nitrogens with zero attached hydrogens (tertiary/aromatic N) is 5. The van der Waals surface area contributed by atoms with E-state index >= 15 is 0 Å². The van der Waals surface area contributed by atoms with Crippen molar-refractivity contribution in [1.82, 2.24) is 19.7 Å². The molecule has 1 fully saturated rings. The second kappa shape index (κ2) is 6.41. The van der Waals surface area contributed by atoms with Gasteiger partial charge in [0.15, 0.2) is 5.82 Å². The molecule has 0 radical (unpaired) electrons. The molecule has 0 unspecified atom stereocenters. The zero-order valence-corrected chi connectivity index (χ0v) is 13.6. The van der Waals surface area contributed by atoms with Crippen molar-refractivity contribution in [2.24, 2.45) is 0 Å². The van der Waals surface area contributed by atoms with Gasteiger partial charge in [-0.2, -0.15) is 5.10 Å². The first-order valence-corrected chi connectivity index (χ1v) is 8.09. The van der Waals surface area contributed by atoms with E-state index in [0.29, 0.717) is 0 Å². The molecule has 1 aromatic carbocycles. The second-order valence-electron chi connectivity index (χ2n) is 5.74. The standard InChI is InChI=1S/C18H19N5O/c1-14-19-17(22-9-11-24-12-10-22)13-18(20-14)23-8-7-16(21-23)15-5-3-2-4-6-15/h2-8,13H,9-12H2,1H3. The van der Waals surface area contributed by atoms with Gasteiger partial charge in [-0.05, 0) is 13.0 Å². The Morgan fingerprint density at radius 1 is 0.958 bits per heavy atom. The maximum absolute atomic E-state index is 5.42. The minimum atomic E-state index is 0.734. The van der Waals surface area contributed by atoms with Gasteiger partial charge in [-0.3, -0.25) is 0 Å². The monoisotopic (exact) mass is 321 g/mol. The van der Waals surface area contributed by atoms with E-state index < -0.39 is 0 Å². The summed E-state index contributed by atoms with van der Waals surface area (Å²) in [6.45, 7) is 5.08. The minimum absolute atomic E-state index is 0.734. The lowest BCUT2D eigenvalue weighted by molar-refractivity contribution is 0.122. The average molecular weight is 321 g/mol. The number of hydrogen-bond donors (Lipinski definition) is 0. The molecule has 0 aliphatic carbocycles. The van der Waals surface area contributed by atoms with Crippen LogP contribution in [0.15, 0.2) is 48.7 Å². The number of rotatable bonds is 3. The predicted molar refractivity (Wildman–Crippen MR) is 92.4 cm³/mol. The van der Waals surface area contributed by atoms with Crippen LogP contribution >= 0.6 is 0 Å². The third kappa shape index (κ3) is 3.00. The normalized spacial score (nSPS) is 14.8. The van der Waals surface area contributed by atoms with Crippen LogP contribution < -0.4 is 4.90 Å². The molecule has 24 heavy (non-hydrogen) atoms. The summed E-state index contributed by atoms with van der Waals surface area (Å²) in [5, 5.41) is 4.66. The van der Waals surface area contributed by atoms with E-state index in [1.54, 1.807) is 4.68 Å². The third-order valence-corrected chi connectivity index (χ3v) is 4.04. The molecule has 1 aliphatic heterocycles. The molecule has 0 amide bonds. The molecule has 6 heteroatoms. The fourth-order valence-electron chi connectivity index (χ4n) is 2.82. The van der Waals surface area contributed by atoms with E-state index in [1.165, 1.54) is 0 Å². The van der Waals surface area contributed by atoms with Crippen molar-refractivity contribution in [3.8, 4) is 17.1 Å². The summed E-state index contributed by atoms with van der Waals surface area (Å²) >= 11 is 0. The highest BCUT2D eigenvalue weighted by Gasteiger charge is 2.15. The van der Waals surface area contributed by atoms with Crippen molar-refractivity contribution in [3.63, 3.8) is 0 Å². The molecule has 0 saturated carbocycles. The third-order valence-electron chi connectivity index (χ3n) is 4.04. The van der Waals surface area contributed by atoms with Gasteiger partial charge in [0, 0.05) is 30.9 Å². The topological polar surface area (TPSA) is 56.1 Å². The van der Waals surface area contributed by atoms with Gasteiger partial charge in [0.2, 0.25) is 0 Å². The second-order valence-corrected chi connectivity index (χ2v) is 5.74. The van der Waals surface area contributed by atoms with Gasteiger partial charge < -0.3 is 9.64 Å². The molecule has 6 nitrogen and oxygen atoms in total. The molecule has 0 N–H and O–H groups in total. The van der Waals surface area contributed by atoms with Crippen LogP contribution in [0.2, 0.25) is 0 Å². The van der Waals surface area contributed by atoms with Crippen LogP contribution in [0.3, 0.4) is 0 Å². The summed E-state index contributed by atoms with van der Waals surface area (Å²) in [4.78, 5) is 11.3. The Morgan fingerprint density at radius 3 is 2.50 bits per heavy atom. The Morgan fingerprint density at radius 2 is 1.71 bits per heavy atom. The van der Waals surface area contributed by atoms with Crippen molar-refractivity contribution in [2.45, 2.75) is 6.92 Å². The van der Waals surface area contributed by atoms with Crippen molar-refractivity contribution >= 4 is 5.82 Å². The minimum Gasteiger partial charge on any atom is -0.378 e. The average Bonchev–Trinajstić information content (AvgIpc) is 3.13. The Labute approximate surface area is 140 Å². The van der Waals surface area contributed by atoms with Crippen molar-refractivity contribution in [3.05, 3.63) is 54.5 Å². The predicted octanol–water partition coefficient (Wildman–Crippen LogP) is 2.47. The zero-order valence-electron chi connectivity index (χ0n) is 13.6. The number of morpholine rings is 1. The van der Waals surface area contributed by atoms with Gasteiger partial charge in [0.1, 0.15) is 11.6 Å². The van der Waals surface area contributed by atoms with Gasteiger partial charge in [0.05, 0.1) is 18.9 Å². The highest BCUT2D eigenvalue weighted by Crippen LogP contribution is 2.20. The highest BCUT2D eigenvalue weighted by molar-refractivity contribution is 5.58. The number of ether oxygens (including phenoxy) is 1. The Hall–Kier alpha value is -2.73. The molecule has 0 atom stereocenters. The lowest BCUT2D eigenvalue weighted by Gasteiger charge is -2.28. The Kier molecular flexibility index (Phi) is 3.96. The highest BCUT2D eigenvalue weighted by atomic mass is 16.5. The fraction of sp³-hybridized carbons (Fsp3) is 0.278. The van der Waals surface area contributed by atoms with Crippen molar-refractivity contribution < 1.29 is 4.74 Å². The van der Waals surface area contributed by atoms with Crippen molar-refractivity contribution in [2.75, 3.05) is 31.2 Å². The number of benzene rings is 1. The largest absolute Gasteiger partial charge is 0.378 e. The first-order valence-electron chi connectivity index (χ1n) is 8.09. The number of hydrogen-bond acceptors (Lipinski definition) is 5. The van der Waals surface area contributed by atoms with Gasteiger partial charge in [-0.25, -0.2) is 14.6 Å². The summed E-state index contributed by atoms with van der Waals surface area (Å²) < 4.78 is 7.22. The molecule has 122 valence electrons. The SMILES string of the molecule is Cc1nc(N2CCOCC2)cc(-n2ccc(-c3ccccc3)n2)n1. The van der Waals surface area contributed by atoms with Gasteiger partial charge in [-0.1, -0.05) is 30.3 Å². The molecule has 4 rings (SSSR count). The first-order chi connectivity index (χ1) is 11.8. The molecule has 1 saturated heterocycles. The van der Waals surface area contributed by atoms with E-state index in [-0.39, 0.29) is 0 Å². The fourth-order valence-corrected chi connectivity index (χ4v) is 2.82. The van der Waals surface area contributed by atoms with E-state index in [9.17, 15) is 0 Å². The van der Waals surface area contributed by atoms with Gasteiger partial charge in [0.25, 0.3) is 0 Å². The molecule has 3 heterocycles. The van der Waals surface area contributed by atoms with Crippen LogP contribution in [0.1, 0.15) is 5.82 Å². The smallest absolute Gasteiger partial charge is 0.159 e. The van der Waals surface area contributed by atoms with Crippen LogP contribution in [0.25, 0.3) is 17.1 Å². The molecule has 2 aromatic heterocycles. The van der Waals surface area contributed by atoms with Crippen LogP contribution in [-0.4, -0.2) is 46.1 Å². The first kappa shape index (κ1) is 14.8. The quantitative estimate of drug-likeness (QED) is 0.742. The summed E-state index contributed by atoms with van der Waals surface area (Å²) in [6.07, 6.45) is 1.94. The van der Waals surface area contributed by atoms with E-state index in [0.717, 1.165) is 55.0 Å². The number of aromatic nitrogens is 4. The van der Waals surface area contributed by atoms with Crippen LogP contribution in [0.5, 0.6) is 0 Å². The number of aryl methyl sites for hydroxylation is 1. The summed E-state index contributed by atoms with van der Waals surface area (Å²) in [7, 11) is 0. The van der Waals surface area contributed by atoms with E-state index in [1.807, 2.05) is 43.5 Å². The lowest BCUT2D eigenvalue weighted by atomic mass is 10.2. The maximum Gasteiger partial charge on any atom is 0.159 e. The molecule has 0 spiro atoms. The molecular weight excluding hydrogens is 302 g/mol. The molecule has 1 aliphatic rings. The molecule has 0 bridgehead atoms. The van der Waals surface area contributed by atoms with E-state index in [2.05, 4.69) is 32.1 Å². The molecular formula is C18H19N5O. The summed E-state index contributed by atoms with van der Waals surface area (Å²) in [5.41, 5.74) is 2.02.